The van der Waals surface area contributed by atoms with Crippen LogP contribution in [0.2, 0.25) is 0 Å². The molecule has 0 amide bonds. The molecule has 0 radical (unpaired) electrons. The Kier molecular flexibility index (Phi) is 11.1. The van der Waals surface area contributed by atoms with Crippen LogP contribution in [0.25, 0.3) is 10.2 Å². The Morgan fingerprint density at radius 3 is 2.48 bits per heavy atom. The number of nitrogens with one attached hydrogen (secondary N) is 1. The van der Waals surface area contributed by atoms with Gasteiger partial charge >= 0.3 is 0 Å². The van der Waals surface area contributed by atoms with E-state index in [1.54, 1.807) is 35.2 Å². The third-order valence-corrected chi connectivity index (χ3v) is 11.4. The van der Waals surface area contributed by atoms with Crippen molar-refractivity contribution in [3.05, 3.63) is 71.9 Å². The van der Waals surface area contributed by atoms with E-state index >= 15 is 0 Å². The maximum atomic E-state index is 13.5. The molecular formula is C26H25Cl2FN6O2S5. The van der Waals surface area contributed by atoms with Crippen molar-refractivity contribution in [1.82, 2.24) is 23.6 Å². The largest absolute Gasteiger partial charge is 0.314 e. The summed E-state index contributed by atoms with van der Waals surface area (Å²) in [6.45, 7) is 0.944. The molecule has 222 valence electrons. The lowest BCUT2D eigenvalue weighted by atomic mass is 9.98. The fraction of sp³-hybridized carbons (Fsp3) is 0.231. The van der Waals surface area contributed by atoms with Gasteiger partial charge in [-0.1, -0.05) is 23.5 Å². The molecule has 1 aliphatic heterocycles. The van der Waals surface area contributed by atoms with Crippen LogP contribution in [-0.2, 0) is 10.0 Å². The predicted octanol–water partition coefficient (Wildman–Crippen LogP) is 7.71. The van der Waals surface area contributed by atoms with Gasteiger partial charge in [0.1, 0.15) is 17.5 Å². The topological polar surface area (TPSA) is 101 Å². The Morgan fingerprint density at radius 2 is 1.74 bits per heavy atom. The molecule has 16 heteroatoms. The molecule has 0 saturated carbocycles. The van der Waals surface area contributed by atoms with E-state index in [9.17, 15) is 12.8 Å². The molecule has 1 saturated heterocycles. The number of sulfonamides is 1. The highest BCUT2D eigenvalue weighted by molar-refractivity contribution is 8.00. The van der Waals surface area contributed by atoms with E-state index in [0.29, 0.717) is 36.9 Å². The van der Waals surface area contributed by atoms with Crippen LogP contribution in [0.4, 0.5) is 15.3 Å². The highest BCUT2D eigenvalue weighted by Gasteiger charge is 2.28. The number of anilines is 2. The van der Waals surface area contributed by atoms with Crippen molar-refractivity contribution in [2.45, 2.75) is 38.3 Å². The van der Waals surface area contributed by atoms with Crippen molar-refractivity contribution < 1.29 is 12.8 Å². The molecule has 1 aromatic carbocycles. The molecule has 42 heavy (non-hydrogen) atoms. The number of thiophene rings is 1. The van der Waals surface area contributed by atoms with E-state index in [0.717, 1.165) is 35.6 Å². The third kappa shape index (κ3) is 7.72. The van der Waals surface area contributed by atoms with Gasteiger partial charge in [0.05, 0.1) is 21.4 Å². The third-order valence-electron chi connectivity index (χ3n) is 6.36. The number of benzene rings is 1. The molecule has 6 rings (SSSR count). The lowest BCUT2D eigenvalue weighted by Gasteiger charge is -2.28. The molecule has 1 aliphatic rings. The Morgan fingerprint density at radius 1 is 1.00 bits per heavy atom. The fourth-order valence-electron chi connectivity index (χ4n) is 4.34. The van der Waals surface area contributed by atoms with Crippen LogP contribution >= 0.6 is 71.2 Å². The lowest BCUT2D eigenvalue weighted by Crippen LogP contribution is -2.37. The second kappa shape index (κ2) is 14.2. The van der Waals surface area contributed by atoms with Crippen molar-refractivity contribution >= 4 is 102 Å². The number of hydrogen-bond acceptors (Lipinski definition) is 11. The summed E-state index contributed by atoms with van der Waals surface area (Å²) in [6, 6.07) is 12.5. The van der Waals surface area contributed by atoms with Crippen LogP contribution in [0.3, 0.4) is 0 Å². The zero-order chi connectivity index (χ0) is 27.7. The quantitative estimate of drug-likeness (QED) is 0.174. The lowest BCUT2D eigenvalue weighted by molar-refractivity contribution is 0.316. The smallest absolute Gasteiger partial charge is 0.211 e. The second-order valence-corrected chi connectivity index (χ2v) is 15.0. The van der Waals surface area contributed by atoms with Crippen LogP contribution < -0.4 is 5.32 Å². The summed E-state index contributed by atoms with van der Waals surface area (Å²) in [5.74, 6) is 1.17. The highest BCUT2D eigenvalue weighted by atomic mass is 35.5. The Balaban J connectivity index is 0.00000202. The van der Waals surface area contributed by atoms with Gasteiger partial charge < -0.3 is 5.32 Å². The number of piperidine rings is 1. The average molecular weight is 704 g/mol. The van der Waals surface area contributed by atoms with Crippen LogP contribution in [0.5, 0.6) is 0 Å². The molecule has 0 unspecified atom stereocenters. The van der Waals surface area contributed by atoms with Gasteiger partial charge in [-0.05, 0) is 60.7 Å². The van der Waals surface area contributed by atoms with Crippen molar-refractivity contribution in [3.63, 3.8) is 0 Å². The number of fused-ring (bicyclic) bond motifs is 1. The standard InChI is InChI=1S/C26H23FN6O2S5.2ClH/c1-40(34,35)33-11-7-16(8-12-33)24-30-26(39-32-24)31-25-22(37-18-4-2-17(27)3-5-18)14-19(15-29-25)38-21-6-10-28-20-9-13-36-23(20)21;;/h2-6,9-10,13-16H,7-8,11-12H2,1H3,(H,29,30,31,32);2*1H. The normalized spacial score (nSPS) is 14.3. The minimum absolute atomic E-state index is 0. The maximum Gasteiger partial charge on any atom is 0.211 e. The molecule has 0 bridgehead atoms. The monoisotopic (exact) mass is 702 g/mol. The Labute approximate surface area is 272 Å². The molecule has 0 atom stereocenters. The number of aromatic nitrogens is 4. The molecule has 1 fully saturated rings. The van der Waals surface area contributed by atoms with E-state index in [2.05, 4.69) is 20.7 Å². The fourth-order valence-corrected chi connectivity index (χ4v) is 8.74. The summed E-state index contributed by atoms with van der Waals surface area (Å²) >= 11 is 6.03. The number of halogens is 3. The number of rotatable bonds is 8. The summed E-state index contributed by atoms with van der Waals surface area (Å²) in [5.41, 5.74) is 0.969. The summed E-state index contributed by atoms with van der Waals surface area (Å²) < 4.78 is 44.4. The summed E-state index contributed by atoms with van der Waals surface area (Å²) in [6.07, 6.45) is 6.25. The molecule has 8 nitrogen and oxygen atoms in total. The minimum atomic E-state index is -3.18. The van der Waals surface area contributed by atoms with Gasteiger partial charge in [0.2, 0.25) is 15.2 Å². The van der Waals surface area contributed by atoms with Crippen LogP contribution in [-0.4, -0.2) is 51.4 Å². The zero-order valence-electron chi connectivity index (χ0n) is 22.0. The maximum absolute atomic E-state index is 13.5. The van der Waals surface area contributed by atoms with Crippen molar-refractivity contribution in [1.29, 1.82) is 0 Å². The van der Waals surface area contributed by atoms with Gasteiger partial charge in [-0.2, -0.15) is 4.37 Å². The van der Waals surface area contributed by atoms with Crippen molar-refractivity contribution in [2.24, 2.45) is 0 Å². The summed E-state index contributed by atoms with van der Waals surface area (Å²) in [4.78, 5) is 17.7. The molecule has 1 N–H and O–H groups in total. The average Bonchev–Trinajstić information content (AvgIpc) is 3.62. The first kappa shape index (κ1) is 32.9. The number of pyridine rings is 2. The summed E-state index contributed by atoms with van der Waals surface area (Å²) in [7, 11) is -3.18. The van der Waals surface area contributed by atoms with Gasteiger partial charge in [0.15, 0.2) is 0 Å². The van der Waals surface area contributed by atoms with Gasteiger partial charge in [-0.15, -0.1) is 36.2 Å². The Hall–Kier alpha value is -2.04. The molecule has 5 aromatic rings. The van der Waals surface area contributed by atoms with Gasteiger partial charge in [0, 0.05) is 57.6 Å². The van der Waals surface area contributed by atoms with E-state index in [4.69, 9.17) is 9.97 Å². The van der Waals surface area contributed by atoms with E-state index in [1.807, 2.05) is 29.9 Å². The van der Waals surface area contributed by atoms with Crippen LogP contribution in [0, 0.1) is 5.82 Å². The van der Waals surface area contributed by atoms with Gasteiger partial charge in [-0.25, -0.2) is 27.1 Å². The molecule has 0 aliphatic carbocycles. The first-order chi connectivity index (χ1) is 19.3. The molecule has 5 heterocycles. The second-order valence-electron chi connectivity index (χ2n) is 9.14. The summed E-state index contributed by atoms with van der Waals surface area (Å²) in [5, 5.41) is 5.98. The molecular weight excluding hydrogens is 679 g/mol. The van der Waals surface area contributed by atoms with E-state index < -0.39 is 10.0 Å². The van der Waals surface area contributed by atoms with Crippen LogP contribution in [0.1, 0.15) is 24.6 Å². The Bertz CT molecular complexity index is 1760. The minimum Gasteiger partial charge on any atom is -0.314 e. The van der Waals surface area contributed by atoms with Crippen molar-refractivity contribution in [2.75, 3.05) is 24.7 Å². The highest BCUT2D eigenvalue weighted by Crippen LogP contribution is 2.40. The van der Waals surface area contributed by atoms with E-state index in [-0.39, 0.29) is 36.5 Å². The first-order valence-corrected chi connectivity index (χ1v) is 17.4. The van der Waals surface area contributed by atoms with Gasteiger partial charge in [0.25, 0.3) is 0 Å². The van der Waals surface area contributed by atoms with Gasteiger partial charge in [-0.3, -0.25) is 4.98 Å². The predicted molar refractivity (Wildman–Crippen MR) is 175 cm³/mol. The molecule has 4 aromatic heterocycles. The molecule has 0 spiro atoms. The number of hydrogen-bond donors (Lipinski definition) is 1. The van der Waals surface area contributed by atoms with E-state index in [1.165, 1.54) is 46.0 Å². The SMILES string of the molecule is CS(=O)(=O)N1CCC(c2nsc(Nc3ncc(Sc4ccnc5ccsc45)cc3Sc3ccc(F)cc3)n2)CC1.Cl.Cl. The van der Waals surface area contributed by atoms with Crippen molar-refractivity contribution in [3.8, 4) is 0 Å². The zero-order valence-corrected chi connectivity index (χ0v) is 27.7. The number of nitrogens with zero attached hydrogens (tertiary/aromatic N) is 5. The van der Waals surface area contributed by atoms with Crippen LogP contribution in [0.15, 0.2) is 79.8 Å². The first-order valence-electron chi connectivity index (χ1n) is 12.3.